The fourth-order valence-electron chi connectivity index (χ4n) is 2.67. The first kappa shape index (κ1) is 21.3. The minimum Gasteiger partial charge on any atom is -0.301 e. The predicted molar refractivity (Wildman–Crippen MR) is 96.7 cm³/mol. The maximum Gasteiger partial charge on any atom is 0.417 e. The molecule has 0 bridgehead atoms. The second-order valence-electron chi connectivity index (χ2n) is 6.30. The summed E-state index contributed by atoms with van der Waals surface area (Å²) in [6, 6.07) is 8.00. The van der Waals surface area contributed by atoms with Crippen LogP contribution in [0.1, 0.15) is 29.7 Å². The molecule has 9 heteroatoms. The van der Waals surface area contributed by atoms with Gasteiger partial charge in [0.05, 0.1) is 5.56 Å². The van der Waals surface area contributed by atoms with Crippen LogP contribution < -0.4 is 4.72 Å². The lowest BCUT2D eigenvalue weighted by atomic mass is 10.0. The van der Waals surface area contributed by atoms with Crippen molar-refractivity contribution in [2.45, 2.75) is 30.5 Å². The van der Waals surface area contributed by atoms with Crippen LogP contribution in [-0.4, -0.2) is 38.9 Å². The van der Waals surface area contributed by atoms with Crippen LogP contribution in [0.15, 0.2) is 47.6 Å². The Bertz CT molecular complexity index is 866. The number of nitrogens with one attached hydrogen (secondary N) is 1. The smallest absolute Gasteiger partial charge is 0.301 e. The Labute approximate surface area is 157 Å². The minimum atomic E-state index is -4.79. The third-order valence-corrected chi connectivity index (χ3v) is 5.69. The third-order valence-electron chi connectivity index (χ3n) is 4.24. The number of hydrogen-bond acceptors (Lipinski definition) is 4. The van der Waals surface area contributed by atoms with E-state index in [1.807, 2.05) is 31.2 Å². The molecule has 1 aromatic heterocycles. The highest BCUT2D eigenvalue weighted by Crippen LogP contribution is 2.33. The van der Waals surface area contributed by atoms with E-state index < -0.39 is 26.7 Å². The van der Waals surface area contributed by atoms with E-state index in [-0.39, 0.29) is 12.6 Å². The Morgan fingerprint density at radius 2 is 1.78 bits per heavy atom. The molecule has 2 aromatic rings. The van der Waals surface area contributed by atoms with E-state index in [1.54, 1.807) is 19.0 Å². The topological polar surface area (TPSA) is 62.3 Å². The van der Waals surface area contributed by atoms with Crippen molar-refractivity contribution >= 4 is 10.0 Å². The molecule has 2 rings (SSSR count). The van der Waals surface area contributed by atoms with Gasteiger partial charge in [0, 0.05) is 25.0 Å². The first-order chi connectivity index (χ1) is 12.6. The molecule has 0 spiro atoms. The Kier molecular flexibility index (Phi) is 6.61. The van der Waals surface area contributed by atoms with Crippen molar-refractivity contribution in [1.29, 1.82) is 0 Å². The maximum absolute atomic E-state index is 13.1. The Balaban J connectivity index is 2.26. The van der Waals surface area contributed by atoms with Crippen molar-refractivity contribution < 1.29 is 21.6 Å². The van der Waals surface area contributed by atoms with Crippen molar-refractivity contribution in [3.05, 3.63) is 59.4 Å². The number of alkyl halides is 3. The van der Waals surface area contributed by atoms with Crippen LogP contribution in [0.5, 0.6) is 0 Å². The van der Waals surface area contributed by atoms with Crippen molar-refractivity contribution in [1.82, 2.24) is 14.6 Å². The van der Waals surface area contributed by atoms with Gasteiger partial charge in [-0.15, -0.1) is 0 Å². The normalized spacial score (nSPS) is 13.7. The SMILES string of the molecule is CCc1ccc(C(CNS(=O)(=O)c2cnccc2C(F)(F)F)N(C)C)cc1. The van der Waals surface area contributed by atoms with E-state index in [4.69, 9.17) is 0 Å². The van der Waals surface area contributed by atoms with Crippen LogP contribution in [0.4, 0.5) is 13.2 Å². The lowest BCUT2D eigenvalue weighted by Crippen LogP contribution is -2.35. The fourth-order valence-corrected chi connectivity index (χ4v) is 3.87. The monoisotopic (exact) mass is 401 g/mol. The summed E-state index contributed by atoms with van der Waals surface area (Å²) in [5.74, 6) is 0. The number of aromatic nitrogens is 1. The number of pyridine rings is 1. The van der Waals surface area contributed by atoms with Crippen LogP contribution >= 0.6 is 0 Å². The molecule has 0 saturated heterocycles. The highest BCUT2D eigenvalue weighted by Gasteiger charge is 2.37. The van der Waals surface area contributed by atoms with Gasteiger partial charge in [0.1, 0.15) is 4.90 Å². The summed E-state index contributed by atoms with van der Waals surface area (Å²) >= 11 is 0. The van der Waals surface area contributed by atoms with Crippen molar-refractivity contribution in [3.8, 4) is 0 Å². The molecule has 0 aliphatic carbocycles. The number of sulfonamides is 1. The van der Waals surface area contributed by atoms with Crippen LogP contribution in [0.2, 0.25) is 0 Å². The van der Waals surface area contributed by atoms with Crippen LogP contribution in [0.25, 0.3) is 0 Å². The molecule has 27 heavy (non-hydrogen) atoms. The van der Waals surface area contributed by atoms with E-state index in [0.29, 0.717) is 12.3 Å². The Morgan fingerprint density at radius 1 is 1.15 bits per heavy atom. The number of halogens is 3. The highest BCUT2D eigenvalue weighted by molar-refractivity contribution is 7.89. The molecule has 1 heterocycles. The van der Waals surface area contributed by atoms with E-state index >= 15 is 0 Å². The summed E-state index contributed by atoms with van der Waals surface area (Å²) in [4.78, 5) is 4.46. The van der Waals surface area contributed by atoms with Gasteiger partial charge in [0.25, 0.3) is 0 Å². The average molecular weight is 401 g/mol. The first-order valence-corrected chi connectivity index (χ1v) is 9.80. The molecule has 5 nitrogen and oxygen atoms in total. The van der Waals surface area contributed by atoms with E-state index in [0.717, 1.165) is 23.7 Å². The number of hydrogen-bond donors (Lipinski definition) is 1. The van der Waals surface area contributed by atoms with Gasteiger partial charge in [0.2, 0.25) is 10.0 Å². The summed E-state index contributed by atoms with van der Waals surface area (Å²) in [5, 5.41) is 0. The van der Waals surface area contributed by atoms with Crippen LogP contribution in [0.3, 0.4) is 0 Å². The number of rotatable bonds is 7. The minimum absolute atomic E-state index is 0.0764. The first-order valence-electron chi connectivity index (χ1n) is 8.32. The van der Waals surface area contributed by atoms with Crippen LogP contribution in [-0.2, 0) is 22.6 Å². The summed E-state index contributed by atoms with van der Waals surface area (Å²) in [5.41, 5.74) is 0.767. The van der Waals surface area contributed by atoms with Gasteiger partial charge in [-0.05, 0) is 37.7 Å². The van der Waals surface area contributed by atoms with Gasteiger partial charge in [-0.3, -0.25) is 4.98 Å². The van der Waals surface area contributed by atoms with Gasteiger partial charge in [-0.1, -0.05) is 31.2 Å². The molecular weight excluding hydrogens is 379 g/mol. The second kappa shape index (κ2) is 8.37. The lowest BCUT2D eigenvalue weighted by Gasteiger charge is -2.25. The standard InChI is InChI=1S/C18H22F3N3O2S/c1-4-13-5-7-14(8-6-13)16(24(2)3)11-23-27(25,26)17-12-22-10-9-15(17)18(19,20)21/h5-10,12,16,23H,4,11H2,1-3H3. The molecule has 0 amide bonds. The Hall–Kier alpha value is -1.97. The second-order valence-corrected chi connectivity index (χ2v) is 8.03. The fraction of sp³-hybridized carbons (Fsp3) is 0.389. The third kappa shape index (κ3) is 5.27. The van der Waals surface area contributed by atoms with Crippen molar-refractivity contribution in [2.24, 2.45) is 0 Å². The molecule has 1 unspecified atom stereocenters. The van der Waals surface area contributed by atoms with E-state index in [1.165, 1.54) is 0 Å². The quantitative estimate of drug-likeness (QED) is 0.774. The molecule has 1 N–H and O–H groups in total. The predicted octanol–water partition coefficient (Wildman–Crippen LogP) is 3.24. The van der Waals surface area contributed by atoms with Gasteiger partial charge in [-0.2, -0.15) is 13.2 Å². The average Bonchev–Trinajstić information content (AvgIpc) is 2.61. The summed E-state index contributed by atoms with van der Waals surface area (Å²) < 4.78 is 66.6. The molecule has 148 valence electrons. The summed E-state index contributed by atoms with van der Waals surface area (Å²) in [6.07, 6.45) is -2.28. The zero-order valence-corrected chi connectivity index (χ0v) is 16.1. The van der Waals surface area contributed by atoms with Crippen molar-refractivity contribution in [2.75, 3.05) is 20.6 Å². The molecule has 1 aromatic carbocycles. The van der Waals surface area contributed by atoms with Crippen LogP contribution in [0, 0.1) is 0 Å². The van der Waals surface area contributed by atoms with E-state index in [2.05, 4.69) is 9.71 Å². The Morgan fingerprint density at radius 3 is 2.30 bits per heavy atom. The van der Waals surface area contributed by atoms with Gasteiger partial charge >= 0.3 is 6.18 Å². The summed E-state index contributed by atoms with van der Waals surface area (Å²) in [7, 11) is -0.831. The molecule has 0 radical (unpaired) electrons. The molecular formula is C18H22F3N3O2S. The molecule has 0 saturated carbocycles. The van der Waals surface area contributed by atoms with Crippen molar-refractivity contribution in [3.63, 3.8) is 0 Å². The molecule has 0 fully saturated rings. The van der Waals surface area contributed by atoms with Gasteiger partial charge < -0.3 is 4.90 Å². The highest BCUT2D eigenvalue weighted by atomic mass is 32.2. The number of benzene rings is 1. The summed E-state index contributed by atoms with van der Waals surface area (Å²) in [6.45, 7) is 1.95. The van der Waals surface area contributed by atoms with Gasteiger partial charge in [-0.25, -0.2) is 13.1 Å². The zero-order valence-electron chi connectivity index (χ0n) is 15.3. The van der Waals surface area contributed by atoms with Gasteiger partial charge in [0.15, 0.2) is 0 Å². The molecule has 1 atom stereocenters. The molecule has 0 aliphatic heterocycles. The number of nitrogens with zero attached hydrogens (tertiary/aromatic N) is 2. The number of aryl methyl sites for hydroxylation is 1. The zero-order chi connectivity index (χ0) is 20.2. The maximum atomic E-state index is 13.1. The number of likely N-dealkylation sites (N-methyl/N-ethyl adjacent to an activating group) is 1. The largest absolute Gasteiger partial charge is 0.417 e. The molecule has 0 aliphatic rings. The lowest BCUT2D eigenvalue weighted by molar-refractivity contribution is -0.140. The van der Waals surface area contributed by atoms with E-state index in [9.17, 15) is 21.6 Å².